The number of aromatic nitrogens is 2. The number of rotatable bonds is 17. The zero-order valence-corrected chi connectivity index (χ0v) is 35.3. The van der Waals surface area contributed by atoms with Crippen LogP contribution in [0.4, 0.5) is 4.39 Å². The number of aromatic hydroxyl groups is 1. The number of nitrogens with zero attached hydrogens (tertiary/aromatic N) is 3. The molecule has 2 aliphatic heterocycles. The van der Waals surface area contributed by atoms with Crippen molar-refractivity contribution in [2.45, 2.75) is 78.2 Å². The molecule has 0 spiro atoms. The molecule has 0 radical (unpaired) electrons. The Morgan fingerprint density at radius 3 is 2.60 bits per heavy atom. The average molecular weight is 828 g/mol. The molecule has 4 heterocycles. The molecule has 4 aromatic rings. The fraction of sp³-hybridized carbons (Fsp3) is 0.489. The van der Waals surface area contributed by atoms with Gasteiger partial charge < -0.3 is 35.1 Å². The Morgan fingerprint density at radius 2 is 1.92 bits per heavy atom. The third-order valence-electron chi connectivity index (χ3n) is 11.4. The monoisotopic (exact) mass is 827 g/mol. The maximum atomic E-state index is 14.6. The van der Waals surface area contributed by atoms with Gasteiger partial charge in [-0.25, -0.2) is 9.82 Å². The highest BCUT2D eigenvalue weighted by Gasteiger charge is 2.40. The van der Waals surface area contributed by atoms with Crippen LogP contribution in [0.25, 0.3) is 33.3 Å². The zero-order chi connectivity index (χ0) is 43.1. The number of aromatic amines is 1. The van der Waals surface area contributed by atoms with E-state index in [1.807, 2.05) is 58.2 Å². The normalized spacial score (nSPS) is 18.0. The van der Waals surface area contributed by atoms with E-state index in [4.69, 9.17) is 9.47 Å². The number of benzene rings is 2. The molecule has 0 unspecified atom stereocenters. The van der Waals surface area contributed by atoms with Gasteiger partial charge in [0, 0.05) is 81.0 Å². The molecule has 4 atom stereocenters. The number of amides is 3. The molecule has 2 saturated heterocycles. The predicted octanol–water partition coefficient (Wildman–Crippen LogP) is 4.69. The van der Waals surface area contributed by atoms with Gasteiger partial charge in [-0.2, -0.15) is 0 Å². The lowest BCUT2D eigenvalue weighted by Crippen LogP contribution is -2.60. The molecule has 0 saturated carbocycles. The van der Waals surface area contributed by atoms with Crippen molar-refractivity contribution in [1.82, 2.24) is 35.9 Å². The topological polar surface area (TPSA) is 178 Å². The van der Waals surface area contributed by atoms with Crippen molar-refractivity contribution in [2.75, 3.05) is 46.9 Å². The molecule has 3 amide bonds. The summed E-state index contributed by atoms with van der Waals surface area (Å²) in [7, 11) is 3.15. The Morgan fingerprint density at radius 1 is 1.12 bits per heavy atom. The summed E-state index contributed by atoms with van der Waals surface area (Å²) in [6, 6.07) is 11.0. The highest BCUT2D eigenvalue weighted by atomic mass is 19.1. The summed E-state index contributed by atoms with van der Waals surface area (Å²) in [5, 5.41) is 19.5. The van der Waals surface area contributed by atoms with E-state index in [1.54, 1.807) is 25.4 Å². The lowest BCUT2D eigenvalue weighted by Gasteiger charge is -2.35. The second kappa shape index (κ2) is 19.3. The summed E-state index contributed by atoms with van der Waals surface area (Å²) >= 11 is 0. The SMILES string of the molecule is COCc1ccncc1-c1[nH]c2ccc(-c3cc(O)cc(C[C@H](NC(=O)[C@H](C(C)C)N(C)C(=O)[C@@H]4CNC[C@@H]4F)C(=O)N4CCCCN4)c3)cc2c1CC(C)(C)COC=O. The Balaban J connectivity index is 1.35. The van der Waals surface area contributed by atoms with E-state index >= 15 is 0 Å². The van der Waals surface area contributed by atoms with Gasteiger partial charge in [-0.15, -0.1) is 0 Å². The van der Waals surface area contributed by atoms with Crippen molar-refractivity contribution in [3.8, 4) is 28.1 Å². The van der Waals surface area contributed by atoms with Crippen LogP contribution in [0, 0.1) is 17.3 Å². The van der Waals surface area contributed by atoms with Gasteiger partial charge in [0.1, 0.15) is 24.0 Å². The molecule has 5 N–H and O–H groups in total. The number of phenolic OH excluding ortho intramolecular Hbond substituents is 1. The van der Waals surface area contributed by atoms with Crippen LogP contribution in [0.3, 0.4) is 0 Å². The first-order valence-electron chi connectivity index (χ1n) is 20.6. The molecule has 0 aliphatic carbocycles. The minimum atomic E-state index is -1.35. The number of halogens is 1. The number of ether oxygens (including phenoxy) is 2. The van der Waals surface area contributed by atoms with Crippen molar-refractivity contribution < 1.29 is 38.1 Å². The van der Waals surface area contributed by atoms with Crippen LogP contribution >= 0.6 is 0 Å². The number of nitrogens with one attached hydrogen (secondary N) is 4. The number of methoxy groups -OCH3 is 1. The molecular formula is C45H58FN7O7. The van der Waals surface area contributed by atoms with Gasteiger partial charge in [-0.3, -0.25) is 29.2 Å². The molecular weight excluding hydrogens is 770 g/mol. The van der Waals surface area contributed by atoms with Crippen LogP contribution < -0.4 is 16.1 Å². The number of alkyl halides is 1. The Hall–Kier alpha value is -5.38. The molecule has 322 valence electrons. The van der Waals surface area contributed by atoms with Crippen molar-refractivity contribution in [2.24, 2.45) is 17.3 Å². The lowest BCUT2D eigenvalue weighted by molar-refractivity contribution is -0.146. The van der Waals surface area contributed by atoms with E-state index in [-0.39, 0.29) is 43.7 Å². The number of H-pyrrole nitrogens is 1. The summed E-state index contributed by atoms with van der Waals surface area (Å²) < 4.78 is 25.4. The molecule has 14 nitrogen and oxygen atoms in total. The smallest absolute Gasteiger partial charge is 0.293 e. The molecule has 6 rings (SSSR count). The van der Waals surface area contributed by atoms with Crippen molar-refractivity contribution in [1.29, 1.82) is 0 Å². The number of phenols is 1. The molecule has 2 aliphatic rings. The van der Waals surface area contributed by atoms with Gasteiger partial charge in [0.2, 0.25) is 11.8 Å². The van der Waals surface area contributed by atoms with Crippen LogP contribution in [0.15, 0.2) is 54.9 Å². The van der Waals surface area contributed by atoms with Gasteiger partial charge >= 0.3 is 0 Å². The summed E-state index contributed by atoms with van der Waals surface area (Å²) in [6.45, 7) is 10.1. The maximum Gasteiger partial charge on any atom is 0.293 e. The molecule has 2 aromatic heterocycles. The van der Waals surface area contributed by atoms with Gasteiger partial charge in [-0.1, -0.05) is 39.8 Å². The van der Waals surface area contributed by atoms with E-state index in [0.717, 1.165) is 51.7 Å². The molecule has 2 fully saturated rings. The Kier molecular flexibility index (Phi) is 14.2. The highest BCUT2D eigenvalue weighted by molar-refractivity contribution is 5.95. The average Bonchev–Trinajstić information content (AvgIpc) is 3.81. The largest absolute Gasteiger partial charge is 0.508 e. The first kappa shape index (κ1) is 44.2. The third-order valence-corrected chi connectivity index (χ3v) is 11.4. The van der Waals surface area contributed by atoms with Gasteiger partial charge in [0.25, 0.3) is 12.4 Å². The van der Waals surface area contributed by atoms with E-state index in [0.29, 0.717) is 43.7 Å². The van der Waals surface area contributed by atoms with Crippen LogP contribution in [-0.4, -0.2) is 114 Å². The number of hydrogen-bond acceptors (Lipinski definition) is 10. The van der Waals surface area contributed by atoms with E-state index in [9.17, 15) is 28.7 Å². The van der Waals surface area contributed by atoms with Crippen molar-refractivity contribution in [3.05, 3.63) is 71.5 Å². The third kappa shape index (κ3) is 10.1. The second-order valence-corrected chi connectivity index (χ2v) is 17.1. The second-order valence-electron chi connectivity index (χ2n) is 17.1. The number of hydrazine groups is 1. The zero-order valence-electron chi connectivity index (χ0n) is 35.3. The molecule has 2 aromatic carbocycles. The fourth-order valence-corrected chi connectivity index (χ4v) is 8.49. The van der Waals surface area contributed by atoms with Gasteiger partial charge in [0.05, 0.1) is 24.8 Å². The fourth-order valence-electron chi connectivity index (χ4n) is 8.49. The van der Waals surface area contributed by atoms with Crippen LogP contribution in [-0.2, 0) is 48.1 Å². The van der Waals surface area contributed by atoms with Crippen molar-refractivity contribution in [3.63, 3.8) is 0 Å². The quantitative estimate of drug-likeness (QED) is 0.0940. The minimum absolute atomic E-state index is 0.0192. The van der Waals surface area contributed by atoms with Gasteiger partial charge in [-0.05, 0) is 83.3 Å². The number of hydrogen-bond donors (Lipinski definition) is 5. The summed E-state index contributed by atoms with van der Waals surface area (Å²) in [5.41, 5.74) is 9.39. The van der Waals surface area contributed by atoms with Gasteiger partial charge in [0.15, 0.2) is 0 Å². The number of carbonyl (C=O) groups is 4. The van der Waals surface area contributed by atoms with E-state index in [1.165, 1.54) is 17.0 Å². The number of fused-ring (bicyclic) bond motifs is 1. The molecule has 0 bridgehead atoms. The van der Waals surface area contributed by atoms with Crippen molar-refractivity contribution >= 4 is 35.1 Å². The Bertz CT molecular complexity index is 2170. The van der Waals surface area contributed by atoms with E-state index in [2.05, 4.69) is 32.1 Å². The Labute approximate surface area is 350 Å². The minimum Gasteiger partial charge on any atom is -0.508 e. The first-order valence-corrected chi connectivity index (χ1v) is 20.6. The van der Waals surface area contributed by atoms with Crippen LogP contribution in [0.5, 0.6) is 5.75 Å². The summed E-state index contributed by atoms with van der Waals surface area (Å²) in [6.07, 6.45) is 4.47. The number of pyridine rings is 1. The van der Waals surface area contributed by atoms with E-state index < -0.39 is 41.4 Å². The molecule has 15 heteroatoms. The van der Waals surface area contributed by atoms with Crippen LogP contribution in [0.1, 0.15) is 57.2 Å². The number of likely N-dealkylation sites (N-methyl/N-ethyl adjacent to an activating group) is 1. The van der Waals surface area contributed by atoms with Crippen LogP contribution in [0.2, 0.25) is 0 Å². The molecule has 60 heavy (non-hydrogen) atoms. The standard InChI is InChI=1S/C45H58FN7O7/c1-27(2)41(52(5)43(57)36-22-48-23-37(36)46)42(56)51-39(44(58)53-14-8-7-12-49-53)17-28-15-31(18-32(55)16-28)29-9-10-38-33(19-29)34(20-45(3,4)25-60-26-54)40(50-38)35-21-47-13-11-30(35)24-59-6/h9-11,13,15-16,18-19,21,26-27,36-37,39,41,48-50,55H,7-8,12,14,17,20,22-25H2,1-6H3,(H,51,56)/t36-,37+,39+,41+/m1/s1. The maximum absolute atomic E-state index is 14.6. The number of carbonyl (C=O) groups excluding carboxylic acids is 4. The highest BCUT2D eigenvalue weighted by Crippen LogP contribution is 2.39. The lowest BCUT2D eigenvalue weighted by atomic mass is 9.84. The first-order chi connectivity index (χ1) is 28.7. The summed E-state index contributed by atoms with van der Waals surface area (Å²) in [4.78, 5) is 62.3. The predicted molar refractivity (Wildman–Crippen MR) is 226 cm³/mol. The summed E-state index contributed by atoms with van der Waals surface area (Å²) in [5.74, 6) is -2.60.